The van der Waals surface area contributed by atoms with Gasteiger partial charge in [0.05, 0.1) is 24.3 Å². The number of pyridine rings is 1. The van der Waals surface area contributed by atoms with Gasteiger partial charge in [0.25, 0.3) is 0 Å². The fraction of sp³-hybridized carbons (Fsp3) is 0.500. The minimum absolute atomic E-state index is 0.118. The minimum Gasteiger partial charge on any atom is -0.335 e. The van der Waals surface area contributed by atoms with Gasteiger partial charge in [-0.1, -0.05) is 5.16 Å². The molecule has 2 heterocycles. The topological polar surface area (TPSA) is 82.0 Å². The van der Waals surface area contributed by atoms with Crippen LogP contribution in [-0.4, -0.2) is 36.4 Å². The number of oxime groups is 1. The molecule has 1 saturated heterocycles. The number of amidine groups is 1. The van der Waals surface area contributed by atoms with Gasteiger partial charge in [0, 0.05) is 12.4 Å². The number of halogens is 3. The molecular weight excluding hydrogens is 331 g/mol. The van der Waals surface area contributed by atoms with E-state index in [0.717, 1.165) is 25.2 Å². The molecule has 0 radical (unpaired) electrons. The van der Waals surface area contributed by atoms with E-state index in [1.807, 2.05) is 0 Å². The largest absolute Gasteiger partial charge is 0.417 e. The Balaban J connectivity index is 1.99. The second-order valence-corrected chi connectivity index (χ2v) is 4.90. The van der Waals surface area contributed by atoms with Gasteiger partial charge in [-0.3, -0.25) is 4.98 Å². The molecule has 7 nitrogen and oxygen atoms in total. The van der Waals surface area contributed by atoms with Crippen LogP contribution in [-0.2, 0) is 20.5 Å². The molecule has 1 aromatic heterocycles. The lowest BCUT2D eigenvalue weighted by molar-refractivity contribution is -0.138. The minimum atomic E-state index is -4.70. The van der Waals surface area contributed by atoms with Gasteiger partial charge in [0.1, 0.15) is 5.84 Å². The van der Waals surface area contributed by atoms with E-state index < -0.39 is 29.7 Å². The molecule has 1 aliphatic heterocycles. The highest BCUT2D eigenvalue weighted by Crippen LogP contribution is 2.31. The summed E-state index contributed by atoms with van der Waals surface area (Å²) in [6.45, 7) is 2.45. The molecule has 1 aromatic rings. The highest BCUT2D eigenvalue weighted by molar-refractivity contribution is 5.91. The predicted molar refractivity (Wildman–Crippen MR) is 75.8 cm³/mol. The summed E-state index contributed by atoms with van der Waals surface area (Å²) >= 11 is 0. The second-order valence-electron chi connectivity index (χ2n) is 4.90. The zero-order chi connectivity index (χ0) is 17.6. The smallest absolute Gasteiger partial charge is 0.335 e. The lowest BCUT2D eigenvalue weighted by Crippen LogP contribution is -2.37. The Hall–Kier alpha value is -2.20. The molecule has 1 fully saturated rings. The van der Waals surface area contributed by atoms with Gasteiger partial charge in [-0.15, -0.1) is 0 Å². The van der Waals surface area contributed by atoms with E-state index >= 15 is 0 Å². The molecule has 1 N–H and O–H groups in total. The predicted octanol–water partition coefficient (Wildman–Crippen LogP) is 2.29. The number of carbonyl (C=O) groups excluding carboxylic acids is 1. The molecule has 1 aliphatic rings. The van der Waals surface area contributed by atoms with E-state index in [0.29, 0.717) is 19.3 Å². The Morgan fingerprint density at radius 2 is 2.04 bits per heavy atom. The molecule has 0 spiro atoms. The van der Waals surface area contributed by atoms with Gasteiger partial charge in [-0.2, -0.15) is 13.2 Å². The first-order valence-corrected chi connectivity index (χ1v) is 7.15. The lowest BCUT2D eigenvalue weighted by atomic mass is 10.1. The van der Waals surface area contributed by atoms with Crippen LogP contribution in [0.15, 0.2) is 23.6 Å². The number of rotatable bonds is 3. The first kappa shape index (κ1) is 18.1. The standard InChI is InChI=1S/C14H16F3N3O4/c1-9(19-13-22-6-2-3-7-23-13)20-24-12(21)10-8-18-5-4-11(10)14(15,16)17/h4-5,8,13H,2-3,6-7H2,1H3,(H,19,20). The van der Waals surface area contributed by atoms with Crippen molar-refractivity contribution in [3.63, 3.8) is 0 Å². The summed E-state index contributed by atoms with van der Waals surface area (Å²) in [6, 6.07) is 0.693. The van der Waals surface area contributed by atoms with Gasteiger partial charge in [-0.05, 0) is 25.8 Å². The van der Waals surface area contributed by atoms with E-state index in [-0.39, 0.29) is 5.84 Å². The molecule has 0 unspecified atom stereocenters. The Morgan fingerprint density at radius 3 is 2.67 bits per heavy atom. The van der Waals surface area contributed by atoms with E-state index in [2.05, 4.69) is 20.3 Å². The molecular formula is C14H16F3N3O4. The van der Waals surface area contributed by atoms with E-state index in [4.69, 9.17) is 9.47 Å². The fourth-order valence-corrected chi connectivity index (χ4v) is 1.88. The zero-order valence-electron chi connectivity index (χ0n) is 12.8. The van der Waals surface area contributed by atoms with Crippen LogP contribution in [0.2, 0.25) is 0 Å². The van der Waals surface area contributed by atoms with Crippen LogP contribution in [0.4, 0.5) is 13.2 Å². The van der Waals surface area contributed by atoms with Crippen molar-refractivity contribution in [3.05, 3.63) is 29.6 Å². The van der Waals surface area contributed by atoms with Crippen molar-refractivity contribution in [1.82, 2.24) is 10.3 Å². The van der Waals surface area contributed by atoms with Crippen LogP contribution in [0.5, 0.6) is 0 Å². The van der Waals surface area contributed by atoms with Crippen molar-refractivity contribution < 1.29 is 32.3 Å². The third-order valence-corrected chi connectivity index (χ3v) is 3.02. The summed E-state index contributed by atoms with van der Waals surface area (Å²) in [6.07, 6.45) is -2.03. The van der Waals surface area contributed by atoms with Crippen molar-refractivity contribution in [2.75, 3.05) is 13.2 Å². The fourth-order valence-electron chi connectivity index (χ4n) is 1.88. The van der Waals surface area contributed by atoms with Crippen LogP contribution in [0, 0.1) is 0 Å². The molecule has 0 amide bonds. The summed E-state index contributed by atoms with van der Waals surface area (Å²) in [4.78, 5) is 19.8. The van der Waals surface area contributed by atoms with Crippen molar-refractivity contribution in [1.29, 1.82) is 0 Å². The Bertz CT molecular complexity index is 599. The van der Waals surface area contributed by atoms with Crippen LogP contribution in [0.1, 0.15) is 35.7 Å². The normalized spacial score (nSPS) is 17.2. The van der Waals surface area contributed by atoms with Gasteiger partial charge in [0.2, 0.25) is 6.41 Å². The number of nitrogens with zero attached hydrogens (tertiary/aromatic N) is 2. The average molecular weight is 347 g/mol. The maximum absolute atomic E-state index is 12.8. The molecule has 24 heavy (non-hydrogen) atoms. The number of hydrogen-bond donors (Lipinski definition) is 1. The number of aromatic nitrogens is 1. The van der Waals surface area contributed by atoms with Crippen LogP contribution in [0.25, 0.3) is 0 Å². The third-order valence-electron chi connectivity index (χ3n) is 3.02. The summed E-state index contributed by atoms with van der Waals surface area (Å²) in [7, 11) is 0. The third kappa shape index (κ3) is 5.17. The second kappa shape index (κ2) is 8.06. The molecule has 0 aliphatic carbocycles. The molecule has 2 rings (SSSR count). The quantitative estimate of drug-likeness (QED) is 0.391. The number of nitrogens with one attached hydrogen (secondary N) is 1. The maximum Gasteiger partial charge on any atom is 0.417 e. The van der Waals surface area contributed by atoms with Crippen LogP contribution >= 0.6 is 0 Å². The zero-order valence-corrected chi connectivity index (χ0v) is 12.8. The summed E-state index contributed by atoms with van der Waals surface area (Å²) < 4.78 is 49.1. The summed E-state index contributed by atoms with van der Waals surface area (Å²) in [5.41, 5.74) is -1.86. The van der Waals surface area contributed by atoms with Crippen LogP contribution < -0.4 is 5.32 Å². The van der Waals surface area contributed by atoms with Crippen molar-refractivity contribution >= 4 is 11.8 Å². The monoisotopic (exact) mass is 347 g/mol. The molecule has 10 heteroatoms. The first-order valence-electron chi connectivity index (χ1n) is 7.15. The lowest BCUT2D eigenvalue weighted by Gasteiger charge is -2.17. The molecule has 0 saturated carbocycles. The Morgan fingerprint density at radius 1 is 1.38 bits per heavy atom. The summed E-state index contributed by atoms with van der Waals surface area (Å²) in [5, 5.41) is 6.15. The number of ether oxygens (including phenoxy) is 2. The van der Waals surface area contributed by atoms with E-state index in [9.17, 15) is 18.0 Å². The number of alkyl halides is 3. The van der Waals surface area contributed by atoms with Crippen molar-refractivity contribution in [2.24, 2.45) is 5.16 Å². The molecule has 0 atom stereocenters. The maximum atomic E-state index is 12.8. The molecule has 132 valence electrons. The van der Waals surface area contributed by atoms with Gasteiger partial charge < -0.3 is 19.6 Å². The first-order chi connectivity index (χ1) is 11.4. The van der Waals surface area contributed by atoms with E-state index in [1.165, 1.54) is 6.92 Å². The molecule has 0 aromatic carbocycles. The van der Waals surface area contributed by atoms with Gasteiger partial charge in [-0.25, -0.2) is 4.79 Å². The number of hydrogen-bond acceptors (Lipinski definition) is 6. The average Bonchev–Trinajstić information content (AvgIpc) is 2.80. The van der Waals surface area contributed by atoms with Crippen molar-refractivity contribution in [2.45, 2.75) is 32.4 Å². The Kier molecular flexibility index (Phi) is 6.10. The highest BCUT2D eigenvalue weighted by Gasteiger charge is 2.35. The number of carbonyl (C=O) groups is 1. The SMILES string of the molecule is CC(=NOC(=O)c1cnccc1C(F)(F)F)NC1OCCCCO1. The summed E-state index contributed by atoms with van der Waals surface area (Å²) in [5.74, 6) is -1.15. The van der Waals surface area contributed by atoms with Gasteiger partial charge >= 0.3 is 12.1 Å². The Labute approximate surface area is 135 Å². The highest BCUT2D eigenvalue weighted by atomic mass is 19.4. The van der Waals surface area contributed by atoms with Gasteiger partial charge in [0.15, 0.2) is 0 Å². The van der Waals surface area contributed by atoms with Crippen molar-refractivity contribution in [3.8, 4) is 0 Å². The van der Waals surface area contributed by atoms with Crippen LogP contribution in [0.3, 0.4) is 0 Å². The van der Waals surface area contributed by atoms with E-state index in [1.54, 1.807) is 0 Å². The molecule has 0 bridgehead atoms.